The molecule has 378 valence electrons. The molecular weight excluding hydrogens is 791 g/mol. The van der Waals surface area contributed by atoms with Gasteiger partial charge in [0.25, 0.3) is 0 Å². The molecule has 0 aliphatic heterocycles. The van der Waals surface area contributed by atoms with Crippen LogP contribution >= 0.6 is 0 Å². The number of amides is 1. The highest BCUT2D eigenvalue weighted by atomic mass is 16.5. The number of aliphatic hydroxyl groups is 2. The summed E-state index contributed by atoms with van der Waals surface area (Å²) in [7, 11) is 0. The van der Waals surface area contributed by atoms with Crippen molar-refractivity contribution in [1.82, 2.24) is 5.32 Å². The van der Waals surface area contributed by atoms with Crippen LogP contribution in [0, 0.1) is 0 Å². The van der Waals surface area contributed by atoms with Gasteiger partial charge in [-0.2, -0.15) is 0 Å². The maximum absolute atomic E-state index is 12.4. The predicted molar refractivity (Wildman–Crippen MR) is 278 cm³/mol. The summed E-state index contributed by atoms with van der Waals surface area (Å²) in [4.78, 5) is 24.5. The molecule has 0 saturated heterocycles. The Bertz CT molecular complexity index is 997. The Balaban J connectivity index is 3.36. The zero-order chi connectivity index (χ0) is 46.5. The fourth-order valence-corrected chi connectivity index (χ4v) is 8.83. The lowest BCUT2D eigenvalue weighted by Crippen LogP contribution is -2.45. The first-order chi connectivity index (χ1) is 31.5. The van der Waals surface area contributed by atoms with Gasteiger partial charge in [-0.1, -0.05) is 269 Å². The van der Waals surface area contributed by atoms with E-state index >= 15 is 0 Å². The molecule has 0 aromatic heterocycles. The SMILES string of the molecule is CCCC/C=C\C/C=C\CCCCCCCC(=O)OCCCCCCCCCCCCCCCCCCCCCCCCC(=O)NC(CO)C(O)CCCCCCCCCCCCC. The Morgan fingerprint density at radius 3 is 1.23 bits per heavy atom. The van der Waals surface area contributed by atoms with Gasteiger partial charge in [-0.15, -0.1) is 0 Å². The molecule has 0 radical (unpaired) electrons. The molecule has 0 aliphatic rings. The van der Waals surface area contributed by atoms with Crippen LogP contribution in [0.3, 0.4) is 0 Å². The summed E-state index contributed by atoms with van der Waals surface area (Å²) in [5.74, 6) is -0.0372. The van der Waals surface area contributed by atoms with Crippen LogP contribution in [0.25, 0.3) is 0 Å². The number of esters is 1. The molecule has 0 heterocycles. The van der Waals surface area contributed by atoms with E-state index in [1.54, 1.807) is 0 Å². The van der Waals surface area contributed by atoms with E-state index in [0.717, 1.165) is 51.4 Å². The first-order valence-corrected chi connectivity index (χ1v) is 28.6. The Kier molecular flexibility index (Phi) is 52.6. The number of ether oxygens (including phenoxy) is 1. The Morgan fingerprint density at radius 1 is 0.438 bits per heavy atom. The number of hydrogen-bond acceptors (Lipinski definition) is 5. The van der Waals surface area contributed by atoms with Crippen molar-refractivity contribution < 1.29 is 24.5 Å². The normalized spacial score (nSPS) is 12.8. The highest BCUT2D eigenvalue weighted by Crippen LogP contribution is 2.17. The molecule has 0 bridgehead atoms. The monoisotopic (exact) mass is 902 g/mol. The second-order valence-electron chi connectivity index (χ2n) is 19.6. The molecular formula is C58H111NO5. The molecule has 1 amide bonds. The first-order valence-electron chi connectivity index (χ1n) is 28.6. The van der Waals surface area contributed by atoms with E-state index in [4.69, 9.17) is 4.74 Å². The molecule has 0 saturated carbocycles. The van der Waals surface area contributed by atoms with Crippen LogP contribution in [0.5, 0.6) is 0 Å². The van der Waals surface area contributed by atoms with Crippen LogP contribution in [-0.4, -0.2) is 47.4 Å². The van der Waals surface area contributed by atoms with Gasteiger partial charge in [0, 0.05) is 12.8 Å². The van der Waals surface area contributed by atoms with Crippen molar-refractivity contribution in [2.45, 2.75) is 321 Å². The predicted octanol–water partition coefficient (Wildman–Crippen LogP) is 17.5. The molecule has 64 heavy (non-hydrogen) atoms. The Morgan fingerprint density at radius 2 is 0.797 bits per heavy atom. The number of carbonyl (C=O) groups is 2. The number of nitrogens with one attached hydrogen (secondary N) is 1. The Labute approximate surface area is 399 Å². The lowest BCUT2D eigenvalue weighted by Gasteiger charge is -2.22. The van der Waals surface area contributed by atoms with E-state index in [1.807, 2.05) is 0 Å². The van der Waals surface area contributed by atoms with Gasteiger partial charge in [0.15, 0.2) is 0 Å². The summed E-state index contributed by atoms with van der Waals surface area (Å²) >= 11 is 0. The maximum Gasteiger partial charge on any atom is 0.305 e. The number of unbranched alkanes of at least 4 members (excludes halogenated alkanes) is 38. The number of rotatable bonds is 53. The molecule has 6 heteroatoms. The largest absolute Gasteiger partial charge is 0.466 e. The van der Waals surface area contributed by atoms with Gasteiger partial charge >= 0.3 is 5.97 Å². The molecule has 0 fully saturated rings. The molecule has 0 rings (SSSR count). The molecule has 0 aromatic carbocycles. The van der Waals surface area contributed by atoms with Crippen molar-refractivity contribution in [3.8, 4) is 0 Å². The van der Waals surface area contributed by atoms with E-state index in [9.17, 15) is 19.8 Å². The highest BCUT2D eigenvalue weighted by Gasteiger charge is 2.20. The quantitative estimate of drug-likeness (QED) is 0.0321. The van der Waals surface area contributed by atoms with Crippen molar-refractivity contribution in [3.05, 3.63) is 24.3 Å². The zero-order valence-corrected chi connectivity index (χ0v) is 43.0. The molecule has 2 unspecified atom stereocenters. The summed E-state index contributed by atoms with van der Waals surface area (Å²) in [6.07, 6.45) is 64.6. The van der Waals surface area contributed by atoms with E-state index in [2.05, 4.69) is 43.5 Å². The van der Waals surface area contributed by atoms with Crippen molar-refractivity contribution in [2.24, 2.45) is 0 Å². The number of aliphatic hydroxyl groups excluding tert-OH is 2. The number of hydrogen-bond donors (Lipinski definition) is 3. The molecule has 2 atom stereocenters. The lowest BCUT2D eigenvalue weighted by molar-refractivity contribution is -0.143. The molecule has 0 aromatic rings. The van der Waals surface area contributed by atoms with Crippen LogP contribution in [0.15, 0.2) is 24.3 Å². The van der Waals surface area contributed by atoms with Crippen molar-refractivity contribution in [1.29, 1.82) is 0 Å². The highest BCUT2D eigenvalue weighted by molar-refractivity contribution is 5.76. The fourth-order valence-electron chi connectivity index (χ4n) is 8.83. The minimum atomic E-state index is -0.662. The van der Waals surface area contributed by atoms with E-state index < -0.39 is 12.1 Å². The van der Waals surface area contributed by atoms with Crippen molar-refractivity contribution in [3.63, 3.8) is 0 Å². The van der Waals surface area contributed by atoms with Crippen LogP contribution in [-0.2, 0) is 14.3 Å². The van der Waals surface area contributed by atoms with Gasteiger partial charge in [-0.3, -0.25) is 9.59 Å². The average Bonchev–Trinajstić information content (AvgIpc) is 3.29. The van der Waals surface area contributed by atoms with Gasteiger partial charge in [0.05, 0.1) is 25.4 Å². The Hall–Kier alpha value is -1.66. The van der Waals surface area contributed by atoms with Gasteiger partial charge in [-0.25, -0.2) is 0 Å². The van der Waals surface area contributed by atoms with Crippen LogP contribution in [0.2, 0.25) is 0 Å². The smallest absolute Gasteiger partial charge is 0.305 e. The minimum absolute atomic E-state index is 0.00140. The lowest BCUT2D eigenvalue weighted by atomic mass is 10.0. The minimum Gasteiger partial charge on any atom is -0.466 e. The maximum atomic E-state index is 12.4. The molecule has 0 aliphatic carbocycles. The second-order valence-corrected chi connectivity index (χ2v) is 19.6. The topological polar surface area (TPSA) is 95.9 Å². The van der Waals surface area contributed by atoms with Gasteiger partial charge < -0.3 is 20.3 Å². The van der Waals surface area contributed by atoms with Crippen LogP contribution < -0.4 is 5.32 Å². The molecule has 0 spiro atoms. The van der Waals surface area contributed by atoms with Crippen LogP contribution in [0.1, 0.15) is 309 Å². The van der Waals surface area contributed by atoms with Gasteiger partial charge in [0.1, 0.15) is 0 Å². The zero-order valence-electron chi connectivity index (χ0n) is 43.0. The van der Waals surface area contributed by atoms with Crippen molar-refractivity contribution >= 4 is 11.9 Å². The van der Waals surface area contributed by atoms with Gasteiger partial charge in [-0.05, 0) is 51.4 Å². The fraction of sp³-hybridized carbons (Fsp3) is 0.897. The van der Waals surface area contributed by atoms with Crippen molar-refractivity contribution in [2.75, 3.05) is 13.2 Å². The molecule has 3 N–H and O–H groups in total. The second kappa shape index (κ2) is 54.0. The van der Waals surface area contributed by atoms with E-state index in [-0.39, 0.29) is 18.5 Å². The summed E-state index contributed by atoms with van der Waals surface area (Å²) < 4.78 is 5.47. The number of allylic oxidation sites excluding steroid dienone is 4. The third-order valence-corrected chi connectivity index (χ3v) is 13.3. The summed E-state index contributed by atoms with van der Waals surface area (Å²) in [5.41, 5.74) is 0. The summed E-state index contributed by atoms with van der Waals surface area (Å²) in [6, 6.07) is -0.540. The molecule has 6 nitrogen and oxygen atoms in total. The van der Waals surface area contributed by atoms with Crippen LogP contribution in [0.4, 0.5) is 0 Å². The third-order valence-electron chi connectivity index (χ3n) is 13.3. The van der Waals surface area contributed by atoms with E-state index in [0.29, 0.717) is 25.9 Å². The van der Waals surface area contributed by atoms with E-state index in [1.165, 1.54) is 225 Å². The number of carbonyl (C=O) groups excluding carboxylic acids is 2. The standard InChI is InChI=1S/C58H111NO5/c1-3-5-7-9-11-13-15-16-28-32-36-40-44-48-52-58(63)64-53-49-45-41-37-33-29-26-24-22-20-18-17-19-21-23-25-27-31-35-39-43-47-51-57(62)59-55(54-60)56(61)50-46-42-38-34-30-14-12-10-8-6-4-2/h9,11,15-16,55-56,60-61H,3-8,10,12-14,17-54H2,1-2H3,(H,59,62)/b11-9-,16-15-. The third kappa shape index (κ3) is 49.8. The van der Waals surface area contributed by atoms with Gasteiger partial charge in [0.2, 0.25) is 5.91 Å². The summed E-state index contributed by atoms with van der Waals surface area (Å²) in [5, 5.41) is 23.2. The summed E-state index contributed by atoms with van der Waals surface area (Å²) in [6.45, 7) is 4.90. The average molecular weight is 903 g/mol. The first kappa shape index (κ1) is 62.3.